The molecule has 30 heavy (non-hydrogen) atoms. The Morgan fingerprint density at radius 1 is 1.03 bits per heavy atom. The molecule has 168 valence electrons. The molecule has 1 aromatic carbocycles. The number of halogens is 5. The normalized spacial score (nSPS) is 15.1. The van der Waals surface area contributed by atoms with Crippen molar-refractivity contribution in [1.29, 1.82) is 5.26 Å². The van der Waals surface area contributed by atoms with Crippen LogP contribution in [0.25, 0.3) is 0 Å². The highest BCUT2D eigenvalue weighted by atomic mass is 32.2. The van der Waals surface area contributed by atoms with Gasteiger partial charge < -0.3 is 10.6 Å². The number of anilines is 1. The lowest BCUT2D eigenvalue weighted by Crippen LogP contribution is -2.40. The minimum absolute atomic E-state index is 0.321. The number of hydrogen-bond donors (Lipinski definition) is 2. The van der Waals surface area contributed by atoms with Crippen LogP contribution in [0.5, 0.6) is 0 Å². The highest BCUT2D eigenvalue weighted by Gasteiger charge is 2.35. The molecule has 11 heteroatoms. The van der Waals surface area contributed by atoms with Gasteiger partial charge in [0.1, 0.15) is 11.9 Å². The first-order valence-electron chi connectivity index (χ1n) is 8.75. The predicted octanol–water partition coefficient (Wildman–Crippen LogP) is 4.99. The van der Waals surface area contributed by atoms with Gasteiger partial charge in [-0.05, 0) is 30.5 Å². The topological polar surface area (TPSA) is 82.0 Å². The summed E-state index contributed by atoms with van der Waals surface area (Å²) in [7, 11) is -4.08. The molecule has 2 N–H and O–H groups in total. The molecule has 1 aromatic rings. The van der Waals surface area contributed by atoms with Gasteiger partial charge in [0.15, 0.2) is 14.7 Å². The van der Waals surface area contributed by atoms with Crippen molar-refractivity contribution in [3.63, 3.8) is 0 Å². The van der Waals surface area contributed by atoms with Gasteiger partial charge in [0.05, 0.1) is 5.56 Å². The Labute approximate surface area is 172 Å². The van der Waals surface area contributed by atoms with E-state index in [1.807, 2.05) is 20.8 Å². The molecule has 0 aliphatic heterocycles. The summed E-state index contributed by atoms with van der Waals surface area (Å²) in [4.78, 5) is -0.763. The summed E-state index contributed by atoms with van der Waals surface area (Å²) in [5, 5.41) is 14.5. The average molecular weight is 453 g/mol. The number of nitrogens with one attached hydrogen (secondary N) is 2. The van der Waals surface area contributed by atoms with Crippen molar-refractivity contribution < 1.29 is 30.4 Å². The number of allylic oxidation sites excluding steroid dienone is 1. The van der Waals surface area contributed by atoms with Crippen LogP contribution in [0, 0.1) is 16.7 Å². The maximum Gasteiger partial charge on any atom is 0.416 e. The maximum atomic E-state index is 13.7. The van der Waals surface area contributed by atoms with E-state index in [1.54, 1.807) is 6.92 Å². The number of alkyl halides is 5. The van der Waals surface area contributed by atoms with Crippen LogP contribution in [0.4, 0.5) is 27.6 Å². The van der Waals surface area contributed by atoms with Crippen molar-refractivity contribution >= 4 is 15.5 Å². The Hall–Kier alpha value is -2.35. The van der Waals surface area contributed by atoms with Crippen LogP contribution in [0.3, 0.4) is 0 Å². The van der Waals surface area contributed by atoms with E-state index >= 15 is 0 Å². The summed E-state index contributed by atoms with van der Waals surface area (Å²) in [5.41, 5.74) is -3.13. The molecule has 0 saturated carbocycles. The summed E-state index contributed by atoms with van der Waals surface area (Å²) in [6.45, 7) is 7.56. The second-order valence-electron chi connectivity index (χ2n) is 8.13. The highest BCUT2D eigenvalue weighted by molar-refractivity contribution is 7.94. The van der Waals surface area contributed by atoms with Gasteiger partial charge in [0.2, 0.25) is 0 Å². The van der Waals surface area contributed by atoms with E-state index in [1.165, 1.54) is 6.07 Å². The summed E-state index contributed by atoms with van der Waals surface area (Å²) >= 11 is 0. The van der Waals surface area contributed by atoms with Crippen LogP contribution in [0.2, 0.25) is 0 Å². The van der Waals surface area contributed by atoms with E-state index in [0.29, 0.717) is 19.1 Å². The molecule has 0 aliphatic carbocycles. The zero-order chi connectivity index (χ0) is 23.7. The first kappa shape index (κ1) is 25.7. The molecule has 0 heterocycles. The molecule has 0 radical (unpaired) electrons. The molecule has 1 rings (SSSR count). The van der Waals surface area contributed by atoms with E-state index in [0.717, 1.165) is 12.3 Å². The molecule has 0 spiro atoms. The minimum atomic E-state index is -4.91. The largest absolute Gasteiger partial charge is 0.416 e. The van der Waals surface area contributed by atoms with Crippen LogP contribution < -0.4 is 10.6 Å². The van der Waals surface area contributed by atoms with Crippen molar-refractivity contribution in [3.8, 4) is 6.07 Å². The van der Waals surface area contributed by atoms with Gasteiger partial charge in [-0.3, -0.25) is 0 Å². The Morgan fingerprint density at radius 2 is 1.53 bits per heavy atom. The van der Waals surface area contributed by atoms with Crippen molar-refractivity contribution in [2.45, 2.75) is 52.8 Å². The van der Waals surface area contributed by atoms with Crippen molar-refractivity contribution in [3.05, 3.63) is 40.1 Å². The Balaban J connectivity index is 3.68. The van der Waals surface area contributed by atoms with Gasteiger partial charge in [-0.15, -0.1) is 0 Å². The third-order valence-corrected chi connectivity index (χ3v) is 5.43. The van der Waals surface area contributed by atoms with E-state index in [-0.39, 0.29) is 0 Å². The first-order chi connectivity index (χ1) is 13.3. The van der Waals surface area contributed by atoms with E-state index < -0.39 is 60.9 Å². The van der Waals surface area contributed by atoms with E-state index in [2.05, 4.69) is 10.6 Å². The zero-order valence-corrected chi connectivity index (χ0v) is 18.2. The van der Waals surface area contributed by atoms with E-state index in [4.69, 9.17) is 0 Å². The summed E-state index contributed by atoms with van der Waals surface area (Å²) in [6, 6.07) is 2.72. The molecule has 0 saturated heterocycles. The quantitative estimate of drug-likeness (QED) is 0.468. The lowest BCUT2D eigenvalue weighted by Gasteiger charge is -2.31. The third-order valence-electron chi connectivity index (χ3n) is 4.40. The van der Waals surface area contributed by atoms with Gasteiger partial charge in [0, 0.05) is 30.5 Å². The van der Waals surface area contributed by atoms with Gasteiger partial charge in [-0.1, -0.05) is 20.8 Å². The summed E-state index contributed by atoms with van der Waals surface area (Å²) < 4.78 is 91.1. The number of rotatable bonds is 6. The minimum Gasteiger partial charge on any atom is -0.367 e. The fraction of sp³-hybridized carbons (Fsp3) is 0.526. The molecule has 0 aromatic heterocycles. The average Bonchev–Trinajstić information content (AvgIpc) is 2.51. The Morgan fingerprint density at radius 3 is 1.90 bits per heavy atom. The van der Waals surface area contributed by atoms with Crippen LogP contribution in [0.1, 0.15) is 45.7 Å². The standard InChI is InChI=1S/C19H24F5N3O2S/c1-11(17(2,3)4)26-16(15(10-25)30(6,28)29)27-14-8-12(18(5,20)21)7-13(9-14)19(22,23)24/h7-9,11,26-27H,1-6H3/b16-15-. The number of hydrogen-bond acceptors (Lipinski definition) is 5. The summed E-state index contributed by atoms with van der Waals surface area (Å²) in [6.07, 6.45) is -4.16. The Kier molecular flexibility index (Phi) is 7.20. The number of nitriles is 1. The summed E-state index contributed by atoms with van der Waals surface area (Å²) in [5.74, 6) is -3.98. The lowest BCUT2D eigenvalue weighted by atomic mass is 9.88. The third kappa shape index (κ3) is 6.86. The number of nitrogens with zero attached hydrogens (tertiary/aromatic N) is 1. The molecular formula is C19H24F5N3O2S. The molecule has 0 bridgehead atoms. The fourth-order valence-electron chi connectivity index (χ4n) is 2.18. The predicted molar refractivity (Wildman–Crippen MR) is 104 cm³/mol. The maximum absolute atomic E-state index is 13.7. The van der Waals surface area contributed by atoms with Crippen molar-refractivity contribution in [2.24, 2.45) is 5.41 Å². The second-order valence-corrected chi connectivity index (χ2v) is 10.1. The monoisotopic (exact) mass is 453 g/mol. The van der Waals surface area contributed by atoms with Crippen molar-refractivity contribution in [1.82, 2.24) is 5.32 Å². The van der Waals surface area contributed by atoms with Crippen LogP contribution >= 0.6 is 0 Å². The first-order valence-corrected chi connectivity index (χ1v) is 10.6. The number of sulfone groups is 1. The molecular weight excluding hydrogens is 429 g/mol. The highest BCUT2D eigenvalue weighted by Crippen LogP contribution is 2.37. The lowest BCUT2D eigenvalue weighted by molar-refractivity contribution is -0.137. The van der Waals surface area contributed by atoms with E-state index in [9.17, 15) is 35.6 Å². The molecule has 1 atom stereocenters. The zero-order valence-electron chi connectivity index (χ0n) is 17.4. The van der Waals surface area contributed by atoms with Crippen molar-refractivity contribution in [2.75, 3.05) is 11.6 Å². The van der Waals surface area contributed by atoms with Gasteiger partial charge in [-0.25, -0.2) is 17.2 Å². The second kappa shape index (κ2) is 8.41. The van der Waals surface area contributed by atoms with Gasteiger partial charge >= 0.3 is 6.18 Å². The molecule has 0 amide bonds. The van der Waals surface area contributed by atoms with Crippen LogP contribution in [-0.4, -0.2) is 20.7 Å². The van der Waals surface area contributed by atoms with Gasteiger partial charge in [0.25, 0.3) is 5.92 Å². The smallest absolute Gasteiger partial charge is 0.367 e. The Bertz CT molecular complexity index is 934. The SMILES string of the molecule is CC(N/C(Nc1cc(C(C)(F)F)cc(C(F)(F)F)c1)=C(\C#N)S(C)(=O)=O)C(C)(C)C. The molecule has 5 nitrogen and oxygen atoms in total. The number of benzene rings is 1. The molecule has 0 aliphatic rings. The molecule has 1 unspecified atom stereocenters. The van der Waals surface area contributed by atoms with Crippen LogP contribution in [-0.2, 0) is 21.9 Å². The fourth-order valence-corrected chi connectivity index (χ4v) is 2.82. The van der Waals surface area contributed by atoms with Gasteiger partial charge in [-0.2, -0.15) is 18.4 Å². The molecule has 0 fully saturated rings. The van der Waals surface area contributed by atoms with Crippen LogP contribution in [0.15, 0.2) is 28.9 Å².